The van der Waals surface area contributed by atoms with Crippen LogP contribution in [0, 0.1) is 0 Å². The Kier molecular flexibility index (Phi) is 5.09. The van der Waals surface area contributed by atoms with E-state index in [1.807, 2.05) is 51.2 Å². The molecule has 0 atom stereocenters. The fourth-order valence-electron chi connectivity index (χ4n) is 3.32. The van der Waals surface area contributed by atoms with Crippen LogP contribution in [-0.2, 0) is 0 Å². The van der Waals surface area contributed by atoms with Crippen molar-refractivity contribution in [1.82, 2.24) is 29.6 Å². The number of hydrogen-bond acceptors (Lipinski definition) is 4. The molecule has 0 saturated heterocycles. The number of amides is 2. The molecule has 0 aliphatic carbocycles. The summed E-state index contributed by atoms with van der Waals surface area (Å²) in [4.78, 5) is 32.0. The third-order valence-corrected chi connectivity index (χ3v) is 4.72. The van der Waals surface area contributed by atoms with Gasteiger partial charge in [0.1, 0.15) is 5.52 Å². The molecule has 0 aliphatic rings. The summed E-state index contributed by atoms with van der Waals surface area (Å²) in [5, 5.41) is 9.69. The number of anilines is 1. The third kappa shape index (κ3) is 3.69. The van der Waals surface area contributed by atoms with Crippen LogP contribution in [0.25, 0.3) is 27.8 Å². The second-order valence-corrected chi connectivity index (χ2v) is 7.17. The second-order valence-electron chi connectivity index (χ2n) is 7.17. The van der Waals surface area contributed by atoms with Crippen molar-refractivity contribution in [3.63, 3.8) is 0 Å². The lowest BCUT2D eigenvalue weighted by molar-refractivity contribution is 0.252. The zero-order valence-electron chi connectivity index (χ0n) is 17.0. The summed E-state index contributed by atoms with van der Waals surface area (Å²) in [5.74, 6) is 0.330. The van der Waals surface area contributed by atoms with E-state index in [1.54, 1.807) is 27.7 Å². The zero-order chi connectivity index (χ0) is 21.3. The van der Waals surface area contributed by atoms with Crippen LogP contribution in [0.5, 0.6) is 0 Å². The molecular weight excluding hydrogens is 382 g/mol. The molecule has 1 aromatic carbocycles. The topological polar surface area (TPSA) is 110 Å². The first-order valence-corrected chi connectivity index (χ1v) is 9.77. The molecule has 9 heteroatoms. The summed E-state index contributed by atoms with van der Waals surface area (Å²) in [6, 6.07) is 8.95. The van der Waals surface area contributed by atoms with Crippen molar-refractivity contribution in [2.45, 2.75) is 26.8 Å². The molecule has 3 N–H and O–H groups in total. The van der Waals surface area contributed by atoms with E-state index in [0.29, 0.717) is 18.0 Å². The van der Waals surface area contributed by atoms with Gasteiger partial charge in [0.05, 0.1) is 11.2 Å². The fraction of sp³-hybridized carbons (Fsp3) is 0.238. The second kappa shape index (κ2) is 7.86. The van der Waals surface area contributed by atoms with Gasteiger partial charge in [-0.2, -0.15) is 5.10 Å². The summed E-state index contributed by atoms with van der Waals surface area (Å²) in [6.45, 7) is 6.29. The zero-order valence-corrected chi connectivity index (χ0v) is 17.0. The van der Waals surface area contributed by atoms with Gasteiger partial charge in [0.2, 0.25) is 5.95 Å². The molecule has 4 aromatic rings. The van der Waals surface area contributed by atoms with Crippen molar-refractivity contribution in [2.75, 3.05) is 11.9 Å². The predicted octanol–water partition coefficient (Wildman–Crippen LogP) is 3.30. The molecular formula is C21H23N7O2. The normalized spacial score (nSPS) is 11.2. The number of nitrogens with zero attached hydrogens (tertiary/aromatic N) is 4. The van der Waals surface area contributed by atoms with Crippen LogP contribution in [0.2, 0.25) is 0 Å². The van der Waals surface area contributed by atoms with Gasteiger partial charge in [0.15, 0.2) is 0 Å². The number of carbonyl (C=O) groups is 1. The van der Waals surface area contributed by atoms with E-state index in [1.165, 1.54) is 0 Å². The van der Waals surface area contributed by atoms with E-state index in [2.05, 4.69) is 25.7 Å². The van der Waals surface area contributed by atoms with Crippen LogP contribution < -0.4 is 16.2 Å². The van der Waals surface area contributed by atoms with Gasteiger partial charge in [0.25, 0.3) is 5.56 Å². The van der Waals surface area contributed by atoms with Crippen molar-refractivity contribution >= 4 is 23.0 Å². The van der Waals surface area contributed by atoms with Gasteiger partial charge in [-0.3, -0.25) is 10.1 Å². The van der Waals surface area contributed by atoms with Crippen LogP contribution in [0.15, 0.2) is 53.7 Å². The molecule has 0 aliphatic heterocycles. The van der Waals surface area contributed by atoms with Crippen LogP contribution in [0.3, 0.4) is 0 Å². The lowest BCUT2D eigenvalue weighted by atomic mass is 10.0. The number of imidazole rings is 1. The molecule has 3 heterocycles. The number of fused-ring (bicyclic) bond motifs is 1. The number of aromatic nitrogens is 5. The molecule has 154 valence electrons. The monoisotopic (exact) mass is 405 g/mol. The minimum atomic E-state index is -0.338. The Morgan fingerprint density at radius 1 is 1.20 bits per heavy atom. The molecule has 2 amide bonds. The smallest absolute Gasteiger partial charge is 0.321 e. The molecule has 0 fully saturated rings. The summed E-state index contributed by atoms with van der Waals surface area (Å²) in [5.41, 5.74) is 3.68. The summed E-state index contributed by atoms with van der Waals surface area (Å²) in [6.07, 6.45) is 5.30. The van der Waals surface area contributed by atoms with E-state index >= 15 is 0 Å². The predicted molar refractivity (Wildman–Crippen MR) is 116 cm³/mol. The number of aromatic amines is 1. The van der Waals surface area contributed by atoms with Crippen molar-refractivity contribution < 1.29 is 4.79 Å². The van der Waals surface area contributed by atoms with E-state index in [9.17, 15) is 9.59 Å². The maximum atomic E-state index is 12.5. The number of rotatable bonds is 5. The molecule has 0 spiro atoms. The van der Waals surface area contributed by atoms with Crippen LogP contribution >= 0.6 is 0 Å². The standard InChI is InChI=1S/C21H23N7O2/c1-4-22-21(30)26-20-24-16-10-15(14-6-9-27(13(2)3)18(29)12-14)11-17(19(16)25-20)28-8-5-7-23-28/h5-13H,4H2,1-3H3,(H3,22,24,25,26,30). The molecule has 0 radical (unpaired) electrons. The van der Waals surface area contributed by atoms with Gasteiger partial charge in [0, 0.05) is 37.2 Å². The number of urea groups is 1. The Hall–Kier alpha value is -3.88. The largest absolute Gasteiger partial charge is 0.338 e. The molecule has 0 bridgehead atoms. The summed E-state index contributed by atoms with van der Waals surface area (Å²) >= 11 is 0. The van der Waals surface area contributed by atoms with Crippen LogP contribution in [0.1, 0.15) is 26.8 Å². The lowest BCUT2D eigenvalue weighted by Gasteiger charge is -2.11. The summed E-state index contributed by atoms with van der Waals surface area (Å²) in [7, 11) is 0. The van der Waals surface area contributed by atoms with Crippen molar-refractivity contribution in [1.29, 1.82) is 0 Å². The first-order chi connectivity index (χ1) is 14.5. The Balaban J connectivity index is 1.84. The van der Waals surface area contributed by atoms with Crippen molar-refractivity contribution in [3.8, 4) is 16.8 Å². The minimum Gasteiger partial charge on any atom is -0.338 e. The Labute approximate surface area is 172 Å². The average molecular weight is 405 g/mol. The van der Waals surface area contributed by atoms with Gasteiger partial charge in [-0.25, -0.2) is 14.5 Å². The maximum Gasteiger partial charge on any atom is 0.321 e. The highest BCUT2D eigenvalue weighted by molar-refractivity contribution is 5.94. The van der Waals surface area contributed by atoms with Crippen molar-refractivity contribution in [3.05, 3.63) is 59.3 Å². The molecule has 0 saturated carbocycles. The van der Waals surface area contributed by atoms with E-state index in [0.717, 1.165) is 22.3 Å². The maximum absolute atomic E-state index is 12.5. The highest BCUT2D eigenvalue weighted by Gasteiger charge is 2.14. The van der Waals surface area contributed by atoms with Gasteiger partial charge < -0.3 is 14.9 Å². The van der Waals surface area contributed by atoms with E-state index in [4.69, 9.17) is 0 Å². The first kappa shape index (κ1) is 19.4. The Morgan fingerprint density at radius 2 is 2.03 bits per heavy atom. The molecule has 9 nitrogen and oxygen atoms in total. The molecule has 3 aromatic heterocycles. The molecule has 4 rings (SSSR count). The van der Waals surface area contributed by atoms with Crippen LogP contribution in [-0.4, -0.2) is 36.9 Å². The molecule has 30 heavy (non-hydrogen) atoms. The fourth-order valence-corrected chi connectivity index (χ4v) is 3.32. The first-order valence-electron chi connectivity index (χ1n) is 9.77. The lowest BCUT2D eigenvalue weighted by Crippen LogP contribution is -2.28. The Bertz CT molecular complexity index is 1250. The highest BCUT2D eigenvalue weighted by Crippen LogP contribution is 2.29. The van der Waals surface area contributed by atoms with Crippen LogP contribution in [0.4, 0.5) is 10.7 Å². The van der Waals surface area contributed by atoms with E-state index in [-0.39, 0.29) is 17.6 Å². The number of benzene rings is 1. The minimum absolute atomic E-state index is 0.0635. The highest BCUT2D eigenvalue weighted by atomic mass is 16.2. The number of pyridine rings is 1. The quantitative estimate of drug-likeness (QED) is 0.473. The van der Waals surface area contributed by atoms with Gasteiger partial charge in [-0.15, -0.1) is 0 Å². The Morgan fingerprint density at radius 3 is 2.70 bits per heavy atom. The van der Waals surface area contributed by atoms with Crippen molar-refractivity contribution in [2.24, 2.45) is 0 Å². The number of hydrogen-bond donors (Lipinski definition) is 3. The number of nitrogens with one attached hydrogen (secondary N) is 3. The summed E-state index contributed by atoms with van der Waals surface area (Å²) < 4.78 is 3.39. The average Bonchev–Trinajstić information content (AvgIpc) is 3.36. The van der Waals surface area contributed by atoms with Gasteiger partial charge >= 0.3 is 6.03 Å². The SMILES string of the molecule is CCNC(=O)Nc1nc2c(-n3cccn3)cc(-c3ccn(C(C)C)c(=O)c3)cc2[nH]1. The van der Waals surface area contributed by atoms with Gasteiger partial charge in [-0.1, -0.05) is 0 Å². The van der Waals surface area contributed by atoms with E-state index < -0.39 is 0 Å². The number of H-pyrrole nitrogens is 1. The third-order valence-electron chi connectivity index (χ3n) is 4.72. The molecule has 0 unspecified atom stereocenters. The van der Waals surface area contributed by atoms with Gasteiger partial charge in [-0.05, 0) is 56.2 Å². The number of carbonyl (C=O) groups excluding carboxylic acids is 1.